The van der Waals surface area contributed by atoms with Crippen LogP contribution in [0.2, 0.25) is 0 Å². The van der Waals surface area contributed by atoms with E-state index in [9.17, 15) is 4.79 Å². The summed E-state index contributed by atoms with van der Waals surface area (Å²) in [7, 11) is 0. The fourth-order valence-electron chi connectivity index (χ4n) is 3.74. The van der Waals surface area contributed by atoms with Crippen LogP contribution in [-0.4, -0.2) is 35.4 Å². The van der Waals surface area contributed by atoms with Crippen molar-refractivity contribution in [2.24, 2.45) is 5.92 Å². The molecular weight excluding hydrogens is 334 g/mol. The number of benzene rings is 2. The van der Waals surface area contributed by atoms with Gasteiger partial charge >= 0.3 is 0 Å². The van der Waals surface area contributed by atoms with Gasteiger partial charge < -0.3 is 5.32 Å². The minimum absolute atomic E-state index is 0.0247. The van der Waals surface area contributed by atoms with E-state index in [1.807, 2.05) is 54.7 Å². The summed E-state index contributed by atoms with van der Waals surface area (Å²) in [6.45, 7) is 3.79. The normalized spacial score (nSPS) is 15.7. The predicted molar refractivity (Wildman–Crippen MR) is 109 cm³/mol. The molecule has 2 aromatic carbocycles. The summed E-state index contributed by atoms with van der Waals surface area (Å²) in [5, 5.41) is 5.39. The van der Waals surface area contributed by atoms with Gasteiger partial charge in [0.05, 0.1) is 5.69 Å². The lowest BCUT2D eigenvalue weighted by Crippen LogP contribution is -2.38. The van der Waals surface area contributed by atoms with Crippen molar-refractivity contribution < 1.29 is 4.79 Å². The third-order valence-corrected chi connectivity index (χ3v) is 5.38. The van der Waals surface area contributed by atoms with Gasteiger partial charge in [0.1, 0.15) is 0 Å². The molecule has 138 valence electrons. The Morgan fingerprint density at radius 2 is 1.78 bits per heavy atom. The topological polar surface area (TPSA) is 45.2 Å². The van der Waals surface area contributed by atoms with Crippen LogP contribution in [0.15, 0.2) is 66.9 Å². The molecule has 1 aliphatic heterocycles. The maximum absolute atomic E-state index is 12.5. The van der Waals surface area contributed by atoms with Gasteiger partial charge in [-0.15, -0.1) is 0 Å². The fourth-order valence-corrected chi connectivity index (χ4v) is 3.74. The lowest BCUT2D eigenvalue weighted by Gasteiger charge is -2.31. The average molecular weight is 359 g/mol. The third-order valence-electron chi connectivity index (χ3n) is 5.38. The molecule has 4 heteroatoms. The monoisotopic (exact) mass is 359 g/mol. The number of rotatable bonds is 5. The molecule has 1 N–H and O–H groups in total. The number of likely N-dealkylation sites (tertiary alicyclic amines) is 1. The molecule has 0 bridgehead atoms. The Hall–Kier alpha value is -2.72. The molecule has 3 aromatic rings. The van der Waals surface area contributed by atoms with Gasteiger partial charge in [0.15, 0.2) is 0 Å². The highest BCUT2D eigenvalue weighted by Crippen LogP contribution is 2.19. The number of nitrogens with one attached hydrogen (secondary N) is 1. The van der Waals surface area contributed by atoms with Gasteiger partial charge in [-0.3, -0.25) is 14.7 Å². The van der Waals surface area contributed by atoms with Crippen molar-refractivity contribution in [2.45, 2.75) is 19.4 Å². The summed E-state index contributed by atoms with van der Waals surface area (Å²) in [6.07, 6.45) is 4.08. The molecule has 1 fully saturated rings. The molecule has 0 saturated carbocycles. The van der Waals surface area contributed by atoms with Crippen LogP contribution in [0.1, 0.15) is 28.9 Å². The minimum Gasteiger partial charge on any atom is -0.352 e. The molecule has 0 aliphatic carbocycles. The van der Waals surface area contributed by atoms with E-state index in [1.165, 1.54) is 0 Å². The third kappa shape index (κ3) is 4.52. The van der Waals surface area contributed by atoms with Crippen molar-refractivity contribution in [2.75, 3.05) is 19.6 Å². The number of amides is 1. The average Bonchev–Trinajstić information content (AvgIpc) is 2.73. The second kappa shape index (κ2) is 8.31. The lowest BCUT2D eigenvalue weighted by atomic mass is 9.96. The van der Waals surface area contributed by atoms with E-state index in [4.69, 9.17) is 0 Å². The fraction of sp³-hybridized carbons (Fsp3) is 0.304. The van der Waals surface area contributed by atoms with E-state index < -0.39 is 0 Å². The Morgan fingerprint density at radius 1 is 1.00 bits per heavy atom. The van der Waals surface area contributed by atoms with Crippen LogP contribution in [0.3, 0.4) is 0 Å². The zero-order valence-corrected chi connectivity index (χ0v) is 15.5. The molecule has 4 rings (SSSR count). The molecule has 2 heterocycles. The standard InChI is InChI=1S/C23H25N3O/c27-23(21-9-8-19-5-1-2-6-20(19)15-21)25-16-18-10-13-26(14-11-18)17-22-7-3-4-12-24-22/h1-9,12,15,18H,10-11,13-14,16-17H2,(H,25,27). The summed E-state index contributed by atoms with van der Waals surface area (Å²) in [5.74, 6) is 0.575. The SMILES string of the molecule is O=C(NCC1CCN(Cc2ccccn2)CC1)c1ccc2ccccc2c1. The zero-order valence-electron chi connectivity index (χ0n) is 15.5. The molecule has 1 aliphatic rings. The molecule has 1 amide bonds. The first-order chi connectivity index (χ1) is 13.3. The molecule has 1 saturated heterocycles. The molecule has 27 heavy (non-hydrogen) atoms. The number of pyridine rings is 1. The van der Waals surface area contributed by atoms with Crippen LogP contribution >= 0.6 is 0 Å². The molecular formula is C23H25N3O. The predicted octanol–water partition coefficient (Wildman–Crippen LogP) is 3.88. The van der Waals surface area contributed by atoms with Crippen LogP contribution in [-0.2, 0) is 6.54 Å². The number of carbonyl (C=O) groups excluding carboxylic acids is 1. The van der Waals surface area contributed by atoms with Crippen LogP contribution in [0.5, 0.6) is 0 Å². The van der Waals surface area contributed by atoms with Crippen molar-refractivity contribution in [3.8, 4) is 0 Å². The van der Waals surface area contributed by atoms with Gasteiger partial charge in [-0.05, 0) is 66.9 Å². The molecule has 0 unspecified atom stereocenters. The van der Waals surface area contributed by atoms with E-state index in [2.05, 4.69) is 27.3 Å². The van der Waals surface area contributed by atoms with E-state index >= 15 is 0 Å². The quantitative estimate of drug-likeness (QED) is 0.752. The summed E-state index contributed by atoms with van der Waals surface area (Å²) >= 11 is 0. The van der Waals surface area contributed by atoms with Crippen molar-refractivity contribution in [3.63, 3.8) is 0 Å². The largest absolute Gasteiger partial charge is 0.352 e. The van der Waals surface area contributed by atoms with Gasteiger partial charge in [-0.25, -0.2) is 0 Å². The van der Waals surface area contributed by atoms with Gasteiger partial charge in [-0.1, -0.05) is 36.4 Å². The number of hydrogen-bond acceptors (Lipinski definition) is 3. The van der Waals surface area contributed by atoms with Gasteiger partial charge in [0.25, 0.3) is 5.91 Å². The number of aromatic nitrogens is 1. The Bertz CT molecular complexity index is 902. The Balaban J connectivity index is 1.26. The highest BCUT2D eigenvalue weighted by molar-refractivity contribution is 5.98. The maximum Gasteiger partial charge on any atom is 0.251 e. The Labute approximate surface area is 160 Å². The van der Waals surface area contributed by atoms with Crippen molar-refractivity contribution >= 4 is 16.7 Å². The Morgan fingerprint density at radius 3 is 2.56 bits per heavy atom. The van der Waals surface area contributed by atoms with Crippen molar-refractivity contribution in [1.29, 1.82) is 0 Å². The minimum atomic E-state index is 0.0247. The smallest absolute Gasteiger partial charge is 0.251 e. The summed E-state index contributed by atoms with van der Waals surface area (Å²) in [4.78, 5) is 19.4. The summed E-state index contributed by atoms with van der Waals surface area (Å²) in [6, 6.07) is 20.1. The molecule has 0 atom stereocenters. The van der Waals surface area contributed by atoms with Crippen LogP contribution in [0.25, 0.3) is 10.8 Å². The highest BCUT2D eigenvalue weighted by Gasteiger charge is 2.20. The number of piperidine rings is 1. The van der Waals surface area contributed by atoms with Crippen LogP contribution < -0.4 is 5.32 Å². The van der Waals surface area contributed by atoms with Crippen LogP contribution in [0.4, 0.5) is 0 Å². The van der Waals surface area contributed by atoms with Gasteiger partial charge in [-0.2, -0.15) is 0 Å². The number of nitrogens with zero attached hydrogens (tertiary/aromatic N) is 2. The highest BCUT2D eigenvalue weighted by atomic mass is 16.1. The van der Waals surface area contributed by atoms with Gasteiger partial charge in [0, 0.05) is 24.8 Å². The van der Waals surface area contributed by atoms with Gasteiger partial charge in [0.2, 0.25) is 0 Å². The number of carbonyl (C=O) groups is 1. The van der Waals surface area contributed by atoms with Crippen molar-refractivity contribution in [1.82, 2.24) is 15.2 Å². The summed E-state index contributed by atoms with van der Waals surface area (Å²) in [5.41, 5.74) is 1.86. The zero-order chi connectivity index (χ0) is 18.5. The van der Waals surface area contributed by atoms with Crippen molar-refractivity contribution in [3.05, 3.63) is 78.1 Å². The molecule has 1 aromatic heterocycles. The first-order valence-electron chi connectivity index (χ1n) is 9.67. The van der Waals surface area contributed by atoms with E-state index in [1.54, 1.807) is 0 Å². The summed E-state index contributed by atoms with van der Waals surface area (Å²) < 4.78 is 0. The van der Waals surface area contributed by atoms with E-state index in [-0.39, 0.29) is 5.91 Å². The Kier molecular flexibility index (Phi) is 5.45. The number of hydrogen-bond donors (Lipinski definition) is 1. The van der Waals surface area contributed by atoms with Crippen LogP contribution in [0, 0.1) is 5.92 Å². The lowest BCUT2D eigenvalue weighted by molar-refractivity contribution is 0.0935. The maximum atomic E-state index is 12.5. The molecule has 0 spiro atoms. The number of fused-ring (bicyclic) bond motifs is 1. The first kappa shape index (κ1) is 17.7. The van der Waals surface area contributed by atoms with E-state index in [0.717, 1.165) is 61.1 Å². The second-order valence-corrected chi connectivity index (χ2v) is 7.31. The molecule has 4 nitrogen and oxygen atoms in total. The van der Waals surface area contributed by atoms with E-state index in [0.29, 0.717) is 5.92 Å². The second-order valence-electron chi connectivity index (χ2n) is 7.31. The molecule has 0 radical (unpaired) electrons. The first-order valence-corrected chi connectivity index (χ1v) is 9.67.